The van der Waals surface area contributed by atoms with Gasteiger partial charge in [-0.05, 0) is 24.7 Å². The van der Waals surface area contributed by atoms with Crippen LogP contribution in [0.2, 0.25) is 0 Å². The van der Waals surface area contributed by atoms with Crippen LogP contribution in [0.15, 0.2) is 30.3 Å². The number of carbonyl (C=O) groups excluding carboxylic acids is 1. The third-order valence-electron chi connectivity index (χ3n) is 3.17. The lowest BCUT2D eigenvalue weighted by molar-refractivity contribution is -0.129. The van der Waals surface area contributed by atoms with Crippen LogP contribution in [-0.4, -0.2) is 32.3 Å². The molecule has 2 aromatic rings. The van der Waals surface area contributed by atoms with Crippen LogP contribution in [0.3, 0.4) is 0 Å². The second-order valence-corrected chi connectivity index (χ2v) is 4.93. The van der Waals surface area contributed by atoms with Gasteiger partial charge in [-0.3, -0.25) is 9.89 Å². The Morgan fingerprint density at radius 1 is 1.48 bits per heavy atom. The van der Waals surface area contributed by atoms with E-state index < -0.39 is 12.0 Å². The first kappa shape index (κ1) is 15.4. The summed E-state index contributed by atoms with van der Waals surface area (Å²) < 4.78 is 2.44. The van der Waals surface area contributed by atoms with Gasteiger partial charge in [0.1, 0.15) is 5.82 Å². The molecule has 0 aliphatic carbocycles. The second-order valence-electron chi connectivity index (χ2n) is 4.54. The number of nitrogens with one attached hydrogen (secondary N) is 2. The van der Waals surface area contributed by atoms with Crippen molar-refractivity contribution < 1.29 is 9.90 Å². The number of hydrogen-bond donors (Lipinski definition) is 3. The largest absolute Gasteiger partial charge is 0.378 e. The molecular weight excluding hydrogens is 288 g/mol. The fourth-order valence-electron chi connectivity index (χ4n) is 2.05. The Bertz CT molecular complexity index is 650. The molecule has 6 nitrogen and oxygen atoms in total. The van der Waals surface area contributed by atoms with Crippen LogP contribution in [0.5, 0.6) is 0 Å². The molecule has 1 amide bonds. The highest BCUT2D eigenvalue weighted by atomic mass is 32.1. The molecule has 21 heavy (non-hydrogen) atoms. The third-order valence-corrected chi connectivity index (χ3v) is 3.48. The minimum Gasteiger partial charge on any atom is -0.378 e. The van der Waals surface area contributed by atoms with E-state index in [4.69, 9.17) is 12.2 Å². The maximum atomic E-state index is 11.9. The number of aliphatic hydroxyl groups excluding tert-OH is 1. The molecule has 0 fully saturated rings. The first-order chi connectivity index (χ1) is 10.1. The van der Waals surface area contributed by atoms with Crippen LogP contribution < -0.4 is 5.32 Å². The van der Waals surface area contributed by atoms with Gasteiger partial charge in [-0.15, -0.1) is 0 Å². The number of amides is 1. The molecule has 1 unspecified atom stereocenters. The van der Waals surface area contributed by atoms with Crippen LogP contribution in [0, 0.1) is 4.77 Å². The molecule has 0 aliphatic rings. The molecule has 1 heterocycles. The van der Waals surface area contributed by atoms with E-state index in [0.29, 0.717) is 23.3 Å². The highest BCUT2D eigenvalue weighted by Gasteiger charge is 2.16. The molecule has 1 atom stereocenters. The maximum absolute atomic E-state index is 11.9. The highest BCUT2D eigenvalue weighted by Crippen LogP contribution is 2.11. The molecule has 0 saturated heterocycles. The van der Waals surface area contributed by atoms with Crippen molar-refractivity contribution in [3.8, 4) is 0 Å². The normalized spacial score (nSPS) is 12.1. The van der Waals surface area contributed by atoms with Gasteiger partial charge in [0.15, 0.2) is 10.9 Å². The van der Waals surface area contributed by atoms with Crippen LogP contribution in [-0.2, 0) is 17.8 Å². The number of aromatic amines is 1. The fourth-order valence-corrected chi connectivity index (χ4v) is 2.33. The molecule has 2 rings (SSSR count). The molecule has 3 N–H and O–H groups in total. The van der Waals surface area contributed by atoms with Crippen molar-refractivity contribution in [1.82, 2.24) is 20.1 Å². The molecule has 0 aliphatic heterocycles. The smallest absolute Gasteiger partial charge is 0.253 e. The van der Waals surface area contributed by atoms with E-state index in [1.165, 1.54) is 0 Å². The standard InChI is InChI=1S/C14H18N4O2S/c1-2-18-11(16-17-14(18)21)8-9-15-13(20)12(19)10-6-4-3-5-7-10/h3-7,12,19H,2,8-9H2,1H3,(H,15,20)(H,17,21). The Labute approximate surface area is 127 Å². The lowest BCUT2D eigenvalue weighted by Crippen LogP contribution is -2.31. The van der Waals surface area contributed by atoms with E-state index >= 15 is 0 Å². The van der Waals surface area contributed by atoms with Gasteiger partial charge in [0.25, 0.3) is 5.91 Å². The number of rotatable bonds is 6. The molecule has 0 saturated carbocycles. The van der Waals surface area contributed by atoms with Crippen molar-refractivity contribution in [2.75, 3.05) is 6.54 Å². The summed E-state index contributed by atoms with van der Waals surface area (Å²) in [5.41, 5.74) is 0.575. The van der Waals surface area contributed by atoms with Crippen LogP contribution in [0.25, 0.3) is 0 Å². The number of benzene rings is 1. The van der Waals surface area contributed by atoms with E-state index in [-0.39, 0.29) is 0 Å². The summed E-state index contributed by atoms with van der Waals surface area (Å²) in [7, 11) is 0. The van der Waals surface area contributed by atoms with Gasteiger partial charge in [-0.25, -0.2) is 0 Å². The Balaban J connectivity index is 1.88. The summed E-state index contributed by atoms with van der Waals surface area (Å²) in [6.07, 6.45) is -0.605. The zero-order valence-corrected chi connectivity index (χ0v) is 12.6. The molecule has 7 heteroatoms. The van der Waals surface area contributed by atoms with Gasteiger partial charge in [0.05, 0.1) is 0 Å². The number of aliphatic hydroxyl groups is 1. The highest BCUT2D eigenvalue weighted by molar-refractivity contribution is 7.71. The molecule has 112 valence electrons. The summed E-state index contributed by atoms with van der Waals surface area (Å²) >= 11 is 5.10. The summed E-state index contributed by atoms with van der Waals surface area (Å²) in [5.74, 6) is 0.371. The van der Waals surface area contributed by atoms with E-state index in [9.17, 15) is 9.90 Å². The Kier molecular flexibility index (Phi) is 5.24. The van der Waals surface area contributed by atoms with Gasteiger partial charge in [0.2, 0.25) is 0 Å². The van der Waals surface area contributed by atoms with Gasteiger partial charge in [-0.1, -0.05) is 30.3 Å². The van der Waals surface area contributed by atoms with E-state index in [1.807, 2.05) is 17.6 Å². The van der Waals surface area contributed by atoms with Gasteiger partial charge < -0.3 is 15.0 Å². The number of H-pyrrole nitrogens is 1. The fraction of sp³-hybridized carbons (Fsp3) is 0.357. The number of carbonyl (C=O) groups is 1. The Morgan fingerprint density at radius 3 is 2.86 bits per heavy atom. The van der Waals surface area contributed by atoms with Gasteiger partial charge in [-0.2, -0.15) is 5.10 Å². The van der Waals surface area contributed by atoms with Crippen LogP contribution in [0.4, 0.5) is 0 Å². The van der Waals surface area contributed by atoms with E-state index in [0.717, 1.165) is 12.4 Å². The summed E-state index contributed by atoms with van der Waals surface area (Å²) in [4.78, 5) is 11.9. The minimum atomic E-state index is -1.15. The van der Waals surface area contributed by atoms with Crippen LogP contribution >= 0.6 is 12.2 Å². The van der Waals surface area contributed by atoms with Crippen LogP contribution in [0.1, 0.15) is 24.4 Å². The van der Waals surface area contributed by atoms with Crippen molar-refractivity contribution in [1.29, 1.82) is 0 Å². The molecule has 1 aromatic carbocycles. The average molecular weight is 306 g/mol. The predicted molar refractivity (Wildman–Crippen MR) is 81.2 cm³/mol. The monoisotopic (exact) mass is 306 g/mol. The van der Waals surface area contributed by atoms with Crippen molar-refractivity contribution in [3.05, 3.63) is 46.5 Å². The quantitative estimate of drug-likeness (QED) is 0.704. The molecule has 0 spiro atoms. The third kappa shape index (κ3) is 3.77. The summed E-state index contributed by atoms with van der Waals surface area (Å²) in [6.45, 7) is 3.10. The number of nitrogens with zero attached hydrogens (tertiary/aromatic N) is 2. The van der Waals surface area contributed by atoms with Crippen molar-refractivity contribution in [2.24, 2.45) is 0 Å². The Hall–Kier alpha value is -1.99. The maximum Gasteiger partial charge on any atom is 0.253 e. The number of hydrogen-bond acceptors (Lipinski definition) is 4. The SMILES string of the molecule is CCn1c(CCNC(=O)C(O)c2ccccc2)n[nH]c1=S. The second kappa shape index (κ2) is 7.14. The lowest BCUT2D eigenvalue weighted by atomic mass is 10.1. The van der Waals surface area contributed by atoms with Crippen molar-refractivity contribution in [2.45, 2.75) is 26.0 Å². The minimum absolute atomic E-state index is 0.391. The molecular formula is C14H18N4O2S. The number of aromatic nitrogens is 3. The van der Waals surface area contributed by atoms with Crippen molar-refractivity contribution in [3.63, 3.8) is 0 Å². The molecule has 0 bridgehead atoms. The summed E-state index contributed by atoms with van der Waals surface area (Å²) in [6, 6.07) is 8.83. The van der Waals surface area contributed by atoms with E-state index in [1.54, 1.807) is 24.3 Å². The van der Waals surface area contributed by atoms with Gasteiger partial charge in [0, 0.05) is 19.5 Å². The molecule has 0 radical (unpaired) electrons. The first-order valence-corrected chi connectivity index (χ1v) is 7.19. The lowest BCUT2D eigenvalue weighted by Gasteiger charge is -2.11. The average Bonchev–Trinajstić information content (AvgIpc) is 2.87. The first-order valence-electron chi connectivity index (χ1n) is 6.78. The van der Waals surface area contributed by atoms with Gasteiger partial charge >= 0.3 is 0 Å². The molecule has 1 aromatic heterocycles. The topological polar surface area (TPSA) is 82.9 Å². The zero-order chi connectivity index (χ0) is 15.2. The zero-order valence-electron chi connectivity index (χ0n) is 11.7. The van der Waals surface area contributed by atoms with E-state index in [2.05, 4.69) is 15.5 Å². The van der Waals surface area contributed by atoms with Crippen molar-refractivity contribution >= 4 is 18.1 Å². The Morgan fingerprint density at radius 2 is 2.19 bits per heavy atom. The predicted octanol–water partition coefficient (Wildman–Crippen LogP) is 1.35. The summed E-state index contributed by atoms with van der Waals surface area (Å²) in [5, 5.41) is 19.5.